The number of amides is 2. The highest BCUT2D eigenvalue weighted by atomic mass is 16.3. The summed E-state index contributed by atoms with van der Waals surface area (Å²) in [6.45, 7) is 2.83. The molecule has 1 saturated heterocycles. The zero-order valence-corrected chi connectivity index (χ0v) is 12.1. The molecule has 1 aliphatic heterocycles. The minimum Gasteiger partial charge on any atom is -0.387 e. The molecule has 3 N–H and O–H groups in total. The van der Waals surface area contributed by atoms with Crippen molar-refractivity contribution in [1.82, 2.24) is 4.90 Å². The van der Waals surface area contributed by atoms with Crippen LogP contribution in [-0.2, 0) is 0 Å². The van der Waals surface area contributed by atoms with Gasteiger partial charge in [-0.05, 0) is 30.9 Å². The van der Waals surface area contributed by atoms with Crippen LogP contribution in [0, 0.1) is 11.8 Å². The van der Waals surface area contributed by atoms with E-state index in [-0.39, 0.29) is 17.4 Å². The summed E-state index contributed by atoms with van der Waals surface area (Å²) in [5.41, 5.74) is 5.10. The fraction of sp³-hybridized carbons (Fsp3) is 0.500. The molecule has 112 valence electrons. The van der Waals surface area contributed by atoms with Gasteiger partial charge in [0.05, 0.1) is 23.3 Å². The van der Waals surface area contributed by atoms with Crippen LogP contribution >= 0.6 is 0 Å². The largest absolute Gasteiger partial charge is 0.387 e. The molecule has 0 bridgehead atoms. The van der Waals surface area contributed by atoms with Gasteiger partial charge in [0.1, 0.15) is 0 Å². The SMILES string of the molecule is C[C@@H]1CN(C(=O)c2ccccc2C(N)=O)C[C@@]1(O)C1CC1. The lowest BCUT2D eigenvalue weighted by Gasteiger charge is -2.26. The zero-order chi connectivity index (χ0) is 15.2. The van der Waals surface area contributed by atoms with Crippen LogP contribution in [0.5, 0.6) is 0 Å². The first-order valence-electron chi connectivity index (χ1n) is 7.34. The Morgan fingerprint density at radius 1 is 1.29 bits per heavy atom. The summed E-state index contributed by atoms with van der Waals surface area (Å²) in [6, 6.07) is 6.57. The summed E-state index contributed by atoms with van der Waals surface area (Å²) in [5, 5.41) is 10.8. The van der Waals surface area contributed by atoms with Crippen molar-refractivity contribution in [1.29, 1.82) is 0 Å². The van der Waals surface area contributed by atoms with Crippen LogP contribution in [0.3, 0.4) is 0 Å². The average molecular weight is 288 g/mol. The van der Waals surface area contributed by atoms with E-state index in [0.29, 0.717) is 24.6 Å². The molecule has 1 aromatic carbocycles. The van der Waals surface area contributed by atoms with E-state index < -0.39 is 11.5 Å². The summed E-state index contributed by atoms with van der Waals surface area (Å²) in [6.07, 6.45) is 2.06. The fourth-order valence-corrected chi connectivity index (χ4v) is 3.34. The standard InChI is InChI=1S/C16H20N2O3/c1-10-8-18(9-16(10,21)11-6-7-11)15(20)13-5-3-2-4-12(13)14(17)19/h2-5,10-11,21H,6-9H2,1H3,(H2,17,19)/t10-,16+/m1/s1. The van der Waals surface area contributed by atoms with E-state index in [1.807, 2.05) is 6.92 Å². The van der Waals surface area contributed by atoms with E-state index >= 15 is 0 Å². The van der Waals surface area contributed by atoms with Gasteiger partial charge in [-0.3, -0.25) is 9.59 Å². The molecule has 0 aromatic heterocycles. The summed E-state index contributed by atoms with van der Waals surface area (Å²) in [4.78, 5) is 25.8. The zero-order valence-electron chi connectivity index (χ0n) is 12.1. The first-order chi connectivity index (χ1) is 9.93. The van der Waals surface area contributed by atoms with Crippen LogP contribution in [-0.4, -0.2) is 40.5 Å². The molecule has 21 heavy (non-hydrogen) atoms. The minimum atomic E-state index is -0.780. The van der Waals surface area contributed by atoms with Crippen LogP contribution in [0.2, 0.25) is 0 Å². The fourth-order valence-electron chi connectivity index (χ4n) is 3.34. The molecule has 1 heterocycles. The molecule has 2 amide bonds. The highest BCUT2D eigenvalue weighted by Crippen LogP contribution is 2.47. The Bertz CT molecular complexity index is 597. The van der Waals surface area contributed by atoms with Gasteiger partial charge < -0.3 is 15.7 Å². The van der Waals surface area contributed by atoms with Crippen molar-refractivity contribution in [2.24, 2.45) is 17.6 Å². The Kier molecular flexibility index (Phi) is 3.24. The Balaban J connectivity index is 1.85. The van der Waals surface area contributed by atoms with Gasteiger partial charge >= 0.3 is 0 Å². The molecule has 1 aliphatic carbocycles. The second kappa shape index (κ2) is 4.84. The van der Waals surface area contributed by atoms with Crippen LogP contribution in [0.15, 0.2) is 24.3 Å². The lowest BCUT2D eigenvalue weighted by Crippen LogP contribution is -2.40. The molecular weight excluding hydrogens is 268 g/mol. The predicted octanol–water partition coefficient (Wildman–Crippen LogP) is 1.02. The normalized spacial score (nSPS) is 28.7. The van der Waals surface area contributed by atoms with E-state index in [0.717, 1.165) is 12.8 Å². The topological polar surface area (TPSA) is 83.6 Å². The number of rotatable bonds is 3. The van der Waals surface area contributed by atoms with E-state index in [9.17, 15) is 14.7 Å². The minimum absolute atomic E-state index is 0.0506. The third-order valence-electron chi connectivity index (χ3n) is 4.79. The monoisotopic (exact) mass is 288 g/mol. The first-order valence-corrected chi connectivity index (χ1v) is 7.34. The second-order valence-corrected chi connectivity index (χ2v) is 6.26. The summed E-state index contributed by atoms with van der Waals surface area (Å²) >= 11 is 0. The quantitative estimate of drug-likeness (QED) is 0.871. The third kappa shape index (κ3) is 2.31. The molecule has 0 unspecified atom stereocenters. The van der Waals surface area contributed by atoms with Crippen molar-refractivity contribution in [2.75, 3.05) is 13.1 Å². The Morgan fingerprint density at radius 3 is 2.48 bits per heavy atom. The number of primary amides is 1. The number of likely N-dealkylation sites (tertiary alicyclic amines) is 1. The van der Waals surface area contributed by atoms with Gasteiger partial charge in [-0.2, -0.15) is 0 Å². The van der Waals surface area contributed by atoms with Gasteiger partial charge in [-0.25, -0.2) is 0 Å². The number of aliphatic hydroxyl groups is 1. The number of nitrogens with two attached hydrogens (primary N) is 1. The van der Waals surface area contributed by atoms with Crippen molar-refractivity contribution in [3.63, 3.8) is 0 Å². The maximum Gasteiger partial charge on any atom is 0.254 e. The highest BCUT2D eigenvalue weighted by Gasteiger charge is 2.53. The van der Waals surface area contributed by atoms with Gasteiger partial charge in [0.2, 0.25) is 5.91 Å². The van der Waals surface area contributed by atoms with E-state index in [2.05, 4.69) is 0 Å². The lowest BCUT2D eigenvalue weighted by molar-refractivity contribution is -0.00364. The maximum atomic E-state index is 12.7. The summed E-state index contributed by atoms with van der Waals surface area (Å²) in [7, 11) is 0. The van der Waals surface area contributed by atoms with Crippen molar-refractivity contribution >= 4 is 11.8 Å². The number of benzene rings is 1. The molecule has 0 spiro atoms. The average Bonchev–Trinajstić information content (AvgIpc) is 3.26. The Morgan fingerprint density at radius 2 is 1.90 bits per heavy atom. The molecule has 2 atom stereocenters. The molecule has 5 heteroatoms. The highest BCUT2D eigenvalue weighted by molar-refractivity contribution is 6.06. The van der Waals surface area contributed by atoms with Gasteiger partial charge in [0.25, 0.3) is 5.91 Å². The molecule has 2 fully saturated rings. The van der Waals surface area contributed by atoms with Gasteiger partial charge in [-0.1, -0.05) is 19.1 Å². The molecular formula is C16H20N2O3. The number of carbonyl (C=O) groups is 2. The van der Waals surface area contributed by atoms with Crippen LogP contribution in [0.4, 0.5) is 0 Å². The number of hydrogen-bond donors (Lipinski definition) is 2. The number of β-amino-alcohol motifs (C(OH)–C–C–N with tert-alkyl or cyclic N) is 1. The van der Waals surface area contributed by atoms with E-state index in [1.54, 1.807) is 29.2 Å². The van der Waals surface area contributed by atoms with Gasteiger partial charge in [0.15, 0.2) is 0 Å². The second-order valence-electron chi connectivity index (χ2n) is 6.26. The lowest BCUT2D eigenvalue weighted by atomic mass is 9.88. The number of hydrogen-bond acceptors (Lipinski definition) is 3. The van der Waals surface area contributed by atoms with E-state index in [1.165, 1.54) is 0 Å². The maximum absolute atomic E-state index is 12.7. The summed E-state index contributed by atoms with van der Waals surface area (Å²) in [5.74, 6) is -0.483. The smallest absolute Gasteiger partial charge is 0.254 e. The third-order valence-corrected chi connectivity index (χ3v) is 4.79. The van der Waals surface area contributed by atoms with Gasteiger partial charge in [-0.15, -0.1) is 0 Å². The molecule has 1 saturated carbocycles. The molecule has 1 aromatic rings. The van der Waals surface area contributed by atoms with Crippen LogP contribution in [0.1, 0.15) is 40.5 Å². The molecule has 2 aliphatic rings. The molecule has 5 nitrogen and oxygen atoms in total. The number of nitrogens with zero attached hydrogens (tertiary/aromatic N) is 1. The van der Waals surface area contributed by atoms with Crippen molar-refractivity contribution in [3.8, 4) is 0 Å². The summed E-state index contributed by atoms with van der Waals surface area (Å²) < 4.78 is 0. The van der Waals surface area contributed by atoms with E-state index in [4.69, 9.17) is 5.73 Å². The van der Waals surface area contributed by atoms with Crippen LogP contribution < -0.4 is 5.73 Å². The van der Waals surface area contributed by atoms with Crippen LogP contribution in [0.25, 0.3) is 0 Å². The first kappa shape index (κ1) is 14.1. The predicted molar refractivity (Wildman–Crippen MR) is 77.7 cm³/mol. The number of carbonyl (C=O) groups excluding carboxylic acids is 2. The molecule has 3 rings (SSSR count). The Hall–Kier alpha value is -1.88. The molecule has 0 radical (unpaired) electrons. The van der Waals surface area contributed by atoms with Gasteiger partial charge in [0, 0.05) is 12.5 Å². The van der Waals surface area contributed by atoms with Crippen molar-refractivity contribution < 1.29 is 14.7 Å². The van der Waals surface area contributed by atoms with Crippen molar-refractivity contribution in [3.05, 3.63) is 35.4 Å². The van der Waals surface area contributed by atoms with Crippen molar-refractivity contribution in [2.45, 2.75) is 25.4 Å². The Labute approximate surface area is 123 Å².